The molecule has 9 heteroatoms. The van der Waals surface area contributed by atoms with Crippen LogP contribution >= 0.6 is 0 Å². The number of imidazole rings is 2. The van der Waals surface area contributed by atoms with Crippen LogP contribution in [0.25, 0.3) is 33.5 Å². The molecule has 1 unspecified atom stereocenters. The summed E-state index contributed by atoms with van der Waals surface area (Å²) in [5.74, 6) is -0.463. The molecule has 0 saturated carbocycles. The summed E-state index contributed by atoms with van der Waals surface area (Å²) < 4.78 is 3.72. The van der Waals surface area contributed by atoms with Crippen LogP contribution in [-0.4, -0.2) is 35.7 Å². The summed E-state index contributed by atoms with van der Waals surface area (Å²) in [5.41, 5.74) is 9.97. The number of hydrogen-bond acceptors (Lipinski definition) is 5. The molecule has 4 aromatic carbocycles. The molecular formula is C43H36N6O3. The van der Waals surface area contributed by atoms with Gasteiger partial charge < -0.3 is 24.5 Å². The van der Waals surface area contributed by atoms with E-state index >= 15 is 0 Å². The van der Waals surface area contributed by atoms with E-state index in [0.717, 1.165) is 44.8 Å². The zero-order valence-corrected chi connectivity index (χ0v) is 28.6. The predicted octanol–water partition coefficient (Wildman–Crippen LogP) is 8.87. The average molecular weight is 685 g/mol. The number of anilines is 2. The molecule has 4 aromatic heterocycles. The Balaban J connectivity index is 0.000000162. The van der Waals surface area contributed by atoms with Crippen LogP contribution in [0.15, 0.2) is 158 Å². The number of nitrogens with one attached hydrogen (secondary N) is 2. The van der Waals surface area contributed by atoms with Gasteiger partial charge in [-0.2, -0.15) is 0 Å². The Hall–Kier alpha value is -6.84. The quantitative estimate of drug-likeness (QED) is 0.155. The zero-order valence-electron chi connectivity index (χ0n) is 28.6. The molecule has 0 fully saturated rings. The molecule has 8 aromatic rings. The standard InChI is InChI=1S/C22H19N3O2.C21H17N3O/c1-15(26)16-6-5-7-17(12-16)18-10-11-21-24-20(14-25(21)13-18)22(27)23-19-8-3-2-4-9-19;1-15-6-5-7-16(12-15)17-10-11-20-23-19(14-24(20)13-17)21(25)22-18-8-3-2-4-9-18/h2-15,26H,1H3,(H,23,27);2-14H,1H3,(H,22,25). The molecule has 3 N–H and O–H groups in total. The van der Waals surface area contributed by atoms with Gasteiger partial charge in [-0.1, -0.05) is 84.4 Å². The Kier molecular flexibility index (Phi) is 9.68. The van der Waals surface area contributed by atoms with Gasteiger partial charge in [0.05, 0.1) is 6.10 Å². The van der Waals surface area contributed by atoms with Gasteiger partial charge in [0.2, 0.25) is 0 Å². The van der Waals surface area contributed by atoms with E-state index in [1.807, 2.05) is 136 Å². The highest BCUT2D eigenvalue weighted by Gasteiger charge is 2.13. The molecule has 0 aliphatic heterocycles. The first-order chi connectivity index (χ1) is 25.3. The summed E-state index contributed by atoms with van der Waals surface area (Å²) >= 11 is 0. The predicted molar refractivity (Wildman–Crippen MR) is 205 cm³/mol. The van der Waals surface area contributed by atoms with Crippen LogP contribution in [0.3, 0.4) is 0 Å². The van der Waals surface area contributed by atoms with Crippen molar-refractivity contribution in [3.63, 3.8) is 0 Å². The summed E-state index contributed by atoms with van der Waals surface area (Å²) in [6, 6.07) is 42.6. The third-order valence-corrected chi connectivity index (χ3v) is 8.48. The van der Waals surface area contributed by atoms with Gasteiger partial charge >= 0.3 is 0 Å². The monoisotopic (exact) mass is 684 g/mol. The number of fused-ring (bicyclic) bond motifs is 2. The molecule has 0 spiro atoms. The van der Waals surface area contributed by atoms with E-state index in [9.17, 15) is 14.7 Å². The summed E-state index contributed by atoms with van der Waals surface area (Å²) in [6.45, 7) is 3.82. The lowest BCUT2D eigenvalue weighted by Gasteiger charge is -2.08. The summed E-state index contributed by atoms with van der Waals surface area (Å²) in [6.07, 6.45) is 6.89. The SMILES string of the molecule is CC(O)c1cccc(-c2ccc3nc(C(=O)Nc4ccccc4)cn3c2)c1.Cc1cccc(-c2ccc3nc(C(=O)Nc4ccccc4)cn3c2)c1. The van der Waals surface area contributed by atoms with E-state index in [4.69, 9.17) is 0 Å². The van der Waals surface area contributed by atoms with Gasteiger partial charge in [-0.15, -0.1) is 0 Å². The molecule has 9 nitrogen and oxygen atoms in total. The van der Waals surface area contributed by atoms with E-state index in [1.165, 1.54) is 5.56 Å². The highest BCUT2D eigenvalue weighted by Crippen LogP contribution is 2.25. The number of para-hydroxylation sites is 2. The maximum atomic E-state index is 12.4. The van der Waals surface area contributed by atoms with Gasteiger partial charge in [0.25, 0.3) is 11.8 Å². The van der Waals surface area contributed by atoms with E-state index in [-0.39, 0.29) is 11.8 Å². The summed E-state index contributed by atoms with van der Waals surface area (Å²) in [5, 5.41) is 15.5. The lowest BCUT2D eigenvalue weighted by Crippen LogP contribution is -2.11. The van der Waals surface area contributed by atoms with Crippen molar-refractivity contribution in [1.82, 2.24) is 18.8 Å². The normalized spacial score (nSPS) is 11.4. The fourth-order valence-corrected chi connectivity index (χ4v) is 5.78. The average Bonchev–Trinajstić information content (AvgIpc) is 3.80. The van der Waals surface area contributed by atoms with Gasteiger partial charge in [0.1, 0.15) is 22.7 Å². The topological polar surface area (TPSA) is 113 Å². The fourth-order valence-electron chi connectivity index (χ4n) is 5.78. The molecule has 52 heavy (non-hydrogen) atoms. The van der Waals surface area contributed by atoms with Gasteiger partial charge in [-0.3, -0.25) is 9.59 Å². The fraction of sp³-hybridized carbons (Fsp3) is 0.0698. The Bertz CT molecular complexity index is 2500. The molecule has 256 valence electrons. The number of aryl methyl sites for hydroxylation is 1. The van der Waals surface area contributed by atoms with Crippen molar-refractivity contribution in [2.75, 3.05) is 10.6 Å². The minimum absolute atomic E-state index is 0.216. The highest BCUT2D eigenvalue weighted by molar-refractivity contribution is 6.03. The Morgan fingerprint density at radius 3 is 1.52 bits per heavy atom. The largest absolute Gasteiger partial charge is 0.389 e. The number of aromatic nitrogens is 4. The van der Waals surface area contributed by atoms with E-state index in [2.05, 4.69) is 45.7 Å². The molecule has 8 rings (SSSR count). The summed E-state index contributed by atoms with van der Waals surface area (Å²) in [4.78, 5) is 33.7. The van der Waals surface area contributed by atoms with Gasteiger partial charge in [0, 0.05) is 36.2 Å². The Morgan fingerprint density at radius 1 is 0.558 bits per heavy atom. The first-order valence-electron chi connectivity index (χ1n) is 16.8. The number of nitrogens with zero attached hydrogens (tertiary/aromatic N) is 4. The number of benzene rings is 4. The van der Waals surface area contributed by atoms with Crippen molar-refractivity contribution in [3.05, 3.63) is 181 Å². The van der Waals surface area contributed by atoms with Crippen molar-refractivity contribution in [2.24, 2.45) is 0 Å². The Morgan fingerprint density at radius 2 is 1.04 bits per heavy atom. The van der Waals surface area contributed by atoms with Crippen LogP contribution in [0.4, 0.5) is 11.4 Å². The zero-order chi connectivity index (χ0) is 36.0. The number of amides is 2. The highest BCUT2D eigenvalue weighted by atomic mass is 16.3. The number of aliphatic hydroxyl groups excluding tert-OH is 1. The lowest BCUT2D eigenvalue weighted by atomic mass is 10.0. The third-order valence-electron chi connectivity index (χ3n) is 8.48. The van der Waals surface area contributed by atoms with Crippen LogP contribution in [0, 0.1) is 6.92 Å². The molecule has 0 bridgehead atoms. The van der Waals surface area contributed by atoms with Crippen molar-refractivity contribution in [2.45, 2.75) is 20.0 Å². The smallest absolute Gasteiger partial charge is 0.275 e. The van der Waals surface area contributed by atoms with Gasteiger partial charge in [-0.25, -0.2) is 9.97 Å². The van der Waals surface area contributed by atoms with Crippen molar-refractivity contribution in [1.29, 1.82) is 0 Å². The molecule has 1 atom stereocenters. The number of carbonyl (C=O) groups is 2. The van der Waals surface area contributed by atoms with Gasteiger partial charge in [0.15, 0.2) is 0 Å². The first-order valence-corrected chi connectivity index (χ1v) is 16.8. The molecule has 0 aliphatic carbocycles. The molecule has 2 amide bonds. The Labute approximate surface area is 300 Å². The second-order valence-electron chi connectivity index (χ2n) is 12.4. The molecular weight excluding hydrogens is 649 g/mol. The van der Waals surface area contributed by atoms with Crippen LogP contribution in [0.2, 0.25) is 0 Å². The number of pyridine rings is 2. The van der Waals surface area contributed by atoms with Crippen molar-refractivity contribution in [3.8, 4) is 22.3 Å². The molecule has 4 heterocycles. The molecule has 0 aliphatic rings. The van der Waals surface area contributed by atoms with Crippen LogP contribution in [0.1, 0.15) is 45.1 Å². The summed E-state index contributed by atoms with van der Waals surface area (Å²) in [7, 11) is 0. The lowest BCUT2D eigenvalue weighted by molar-refractivity contribution is 0.101. The second-order valence-corrected chi connectivity index (χ2v) is 12.4. The van der Waals surface area contributed by atoms with E-state index in [0.29, 0.717) is 17.0 Å². The third kappa shape index (κ3) is 7.80. The van der Waals surface area contributed by atoms with Crippen molar-refractivity contribution >= 4 is 34.5 Å². The number of rotatable bonds is 7. The number of hydrogen-bond donors (Lipinski definition) is 3. The number of carbonyl (C=O) groups excluding carboxylic acids is 2. The second kappa shape index (κ2) is 15.0. The minimum atomic E-state index is -0.518. The van der Waals surface area contributed by atoms with Crippen LogP contribution in [-0.2, 0) is 0 Å². The first kappa shape index (κ1) is 33.6. The molecule has 0 saturated heterocycles. The number of aliphatic hydroxyl groups is 1. The van der Waals surface area contributed by atoms with Crippen LogP contribution in [0.5, 0.6) is 0 Å². The van der Waals surface area contributed by atoms with Crippen molar-refractivity contribution < 1.29 is 14.7 Å². The molecule has 0 radical (unpaired) electrons. The maximum Gasteiger partial charge on any atom is 0.275 e. The minimum Gasteiger partial charge on any atom is -0.389 e. The van der Waals surface area contributed by atoms with Crippen LogP contribution < -0.4 is 10.6 Å². The van der Waals surface area contributed by atoms with Gasteiger partial charge in [-0.05, 0) is 96.3 Å². The van der Waals surface area contributed by atoms with E-state index in [1.54, 1.807) is 19.3 Å². The maximum absolute atomic E-state index is 12.4. The van der Waals surface area contributed by atoms with E-state index < -0.39 is 6.10 Å².